The van der Waals surface area contributed by atoms with Crippen LogP contribution in [0.25, 0.3) is 6.08 Å². The zero-order chi connectivity index (χ0) is 18.9. The third kappa shape index (κ3) is 5.86. The van der Waals surface area contributed by atoms with Gasteiger partial charge in [-0.25, -0.2) is 5.43 Å². The van der Waals surface area contributed by atoms with E-state index in [1.807, 2.05) is 32.0 Å². The van der Waals surface area contributed by atoms with Crippen LogP contribution in [0, 0.1) is 24.0 Å². The molecule has 2 rings (SSSR count). The van der Waals surface area contributed by atoms with Crippen LogP contribution in [-0.2, 0) is 4.79 Å². The molecule has 0 bridgehead atoms. The summed E-state index contributed by atoms with van der Waals surface area (Å²) < 4.78 is 5.45. The van der Waals surface area contributed by atoms with Crippen LogP contribution in [0.1, 0.15) is 16.7 Å². The summed E-state index contributed by atoms with van der Waals surface area (Å²) in [6.45, 7) is 3.77. The molecule has 0 aliphatic heterocycles. The van der Waals surface area contributed by atoms with Crippen molar-refractivity contribution in [2.24, 2.45) is 5.10 Å². The fraction of sp³-hybridized carbons (Fsp3) is 0.158. The maximum absolute atomic E-state index is 11.7. The number of hydrazone groups is 1. The Morgan fingerprint density at radius 2 is 1.96 bits per heavy atom. The normalized spacial score (nSPS) is 11.0. The van der Waals surface area contributed by atoms with Crippen molar-refractivity contribution >= 4 is 23.9 Å². The maximum atomic E-state index is 11.7. The van der Waals surface area contributed by atoms with E-state index in [9.17, 15) is 14.9 Å². The molecule has 0 radical (unpaired) electrons. The maximum Gasteiger partial charge on any atom is 0.277 e. The van der Waals surface area contributed by atoms with Crippen molar-refractivity contribution in [1.29, 1.82) is 0 Å². The van der Waals surface area contributed by atoms with Crippen molar-refractivity contribution in [3.63, 3.8) is 0 Å². The van der Waals surface area contributed by atoms with Crippen molar-refractivity contribution in [3.05, 3.63) is 75.3 Å². The molecular formula is C19H19N3O4. The Morgan fingerprint density at radius 3 is 2.62 bits per heavy atom. The molecule has 0 atom stereocenters. The van der Waals surface area contributed by atoms with Gasteiger partial charge in [0.15, 0.2) is 6.61 Å². The van der Waals surface area contributed by atoms with Crippen LogP contribution in [0.4, 0.5) is 5.69 Å². The molecule has 1 amide bonds. The Balaban J connectivity index is 1.76. The molecule has 0 fully saturated rings. The van der Waals surface area contributed by atoms with E-state index in [0.29, 0.717) is 5.75 Å². The fourth-order valence-corrected chi connectivity index (χ4v) is 2.15. The summed E-state index contributed by atoms with van der Waals surface area (Å²) in [4.78, 5) is 21.8. The minimum Gasteiger partial charge on any atom is -0.483 e. The number of rotatable bonds is 7. The van der Waals surface area contributed by atoms with Crippen molar-refractivity contribution in [2.75, 3.05) is 6.61 Å². The van der Waals surface area contributed by atoms with E-state index in [4.69, 9.17) is 4.74 Å². The molecule has 134 valence electrons. The highest BCUT2D eigenvalue weighted by atomic mass is 16.6. The smallest absolute Gasteiger partial charge is 0.277 e. The molecule has 0 saturated heterocycles. The number of aryl methyl sites for hydroxylation is 2. The summed E-state index contributed by atoms with van der Waals surface area (Å²) in [6.07, 6.45) is 4.74. The standard InChI is InChI=1S/C19H19N3O4/c1-14-5-10-18(15(2)12-14)26-13-19(23)21-20-11-3-4-16-6-8-17(9-7-16)22(24)25/h3-12H,13H2,1-2H3,(H,21,23). The second kappa shape index (κ2) is 9.12. The summed E-state index contributed by atoms with van der Waals surface area (Å²) in [7, 11) is 0. The van der Waals surface area contributed by atoms with Gasteiger partial charge in [-0.2, -0.15) is 5.10 Å². The Morgan fingerprint density at radius 1 is 1.23 bits per heavy atom. The molecule has 0 heterocycles. The highest BCUT2D eigenvalue weighted by Gasteiger charge is 2.04. The summed E-state index contributed by atoms with van der Waals surface area (Å²) in [5.74, 6) is 0.290. The van der Waals surface area contributed by atoms with Crippen molar-refractivity contribution in [1.82, 2.24) is 5.43 Å². The lowest BCUT2D eigenvalue weighted by Gasteiger charge is -2.08. The van der Waals surface area contributed by atoms with Crippen molar-refractivity contribution in [3.8, 4) is 5.75 Å². The van der Waals surface area contributed by atoms with E-state index in [-0.39, 0.29) is 18.2 Å². The summed E-state index contributed by atoms with van der Waals surface area (Å²) in [5, 5.41) is 14.3. The van der Waals surface area contributed by atoms with Gasteiger partial charge in [0.2, 0.25) is 0 Å². The Bertz CT molecular complexity index is 842. The molecule has 0 unspecified atom stereocenters. The first-order valence-corrected chi connectivity index (χ1v) is 7.89. The van der Waals surface area contributed by atoms with Gasteiger partial charge < -0.3 is 4.74 Å². The van der Waals surface area contributed by atoms with Gasteiger partial charge in [0.25, 0.3) is 11.6 Å². The number of allylic oxidation sites excluding steroid dienone is 1. The number of non-ortho nitro benzene ring substituents is 1. The quantitative estimate of drug-likeness (QED) is 0.469. The van der Waals surface area contributed by atoms with Gasteiger partial charge in [0, 0.05) is 18.3 Å². The second-order valence-electron chi connectivity index (χ2n) is 5.58. The first kappa shape index (κ1) is 18.9. The van der Waals surface area contributed by atoms with Gasteiger partial charge in [-0.05, 0) is 49.2 Å². The van der Waals surface area contributed by atoms with Crippen molar-refractivity contribution in [2.45, 2.75) is 13.8 Å². The number of nitrogens with one attached hydrogen (secondary N) is 1. The number of carbonyl (C=O) groups is 1. The Hall–Kier alpha value is -3.48. The number of hydrogen-bond acceptors (Lipinski definition) is 5. The Labute approximate surface area is 151 Å². The zero-order valence-electron chi connectivity index (χ0n) is 14.5. The lowest BCUT2D eigenvalue weighted by Crippen LogP contribution is -2.24. The topological polar surface area (TPSA) is 93.8 Å². The zero-order valence-corrected chi connectivity index (χ0v) is 14.5. The van der Waals surface area contributed by atoms with Crippen LogP contribution in [0.5, 0.6) is 5.75 Å². The molecule has 0 aromatic heterocycles. The summed E-state index contributed by atoms with van der Waals surface area (Å²) >= 11 is 0. The number of carbonyl (C=O) groups excluding carboxylic acids is 1. The highest BCUT2D eigenvalue weighted by Crippen LogP contribution is 2.18. The van der Waals surface area contributed by atoms with Gasteiger partial charge in [-0.3, -0.25) is 14.9 Å². The molecular weight excluding hydrogens is 334 g/mol. The van der Waals surface area contributed by atoms with Gasteiger partial charge in [-0.15, -0.1) is 0 Å². The van der Waals surface area contributed by atoms with Crippen LogP contribution >= 0.6 is 0 Å². The van der Waals surface area contributed by atoms with Crippen molar-refractivity contribution < 1.29 is 14.5 Å². The van der Waals surface area contributed by atoms with Crippen LogP contribution in [0.2, 0.25) is 0 Å². The third-order valence-corrected chi connectivity index (χ3v) is 3.43. The number of nitro groups is 1. The van der Waals surface area contributed by atoms with E-state index >= 15 is 0 Å². The molecule has 0 spiro atoms. The number of ether oxygens (including phenoxy) is 1. The number of benzene rings is 2. The van der Waals surface area contributed by atoms with E-state index in [1.165, 1.54) is 18.3 Å². The van der Waals surface area contributed by atoms with E-state index in [2.05, 4.69) is 10.5 Å². The minimum absolute atomic E-state index is 0.0342. The third-order valence-electron chi connectivity index (χ3n) is 3.43. The largest absolute Gasteiger partial charge is 0.483 e. The number of nitrogens with zero attached hydrogens (tertiary/aromatic N) is 2. The minimum atomic E-state index is -0.454. The van der Waals surface area contributed by atoms with Crippen LogP contribution in [-0.4, -0.2) is 23.7 Å². The van der Waals surface area contributed by atoms with Gasteiger partial charge in [-0.1, -0.05) is 23.8 Å². The predicted octanol–water partition coefficient (Wildman–Crippen LogP) is 3.41. The number of hydrogen-bond donors (Lipinski definition) is 1. The first-order chi connectivity index (χ1) is 12.5. The van der Waals surface area contributed by atoms with E-state index in [0.717, 1.165) is 16.7 Å². The number of nitro benzene ring substituents is 1. The van der Waals surface area contributed by atoms with Gasteiger partial charge >= 0.3 is 0 Å². The summed E-state index contributed by atoms with van der Waals surface area (Å²) in [5.41, 5.74) is 5.27. The fourth-order valence-electron chi connectivity index (χ4n) is 2.15. The monoisotopic (exact) mass is 353 g/mol. The predicted molar refractivity (Wildman–Crippen MR) is 100 cm³/mol. The average Bonchev–Trinajstić information content (AvgIpc) is 2.61. The molecule has 0 saturated carbocycles. The molecule has 26 heavy (non-hydrogen) atoms. The lowest BCUT2D eigenvalue weighted by atomic mass is 10.1. The molecule has 1 N–H and O–H groups in total. The molecule has 7 nitrogen and oxygen atoms in total. The molecule has 2 aromatic carbocycles. The van der Waals surface area contributed by atoms with E-state index in [1.54, 1.807) is 24.3 Å². The van der Waals surface area contributed by atoms with E-state index < -0.39 is 4.92 Å². The average molecular weight is 353 g/mol. The highest BCUT2D eigenvalue weighted by molar-refractivity contribution is 5.82. The number of amides is 1. The molecule has 2 aromatic rings. The first-order valence-electron chi connectivity index (χ1n) is 7.89. The van der Waals surface area contributed by atoms with Gasteiger partial charge in [0.05, 0.1) is 4.92 Å². The van der Waals surface area contributed by atoms with Crippen LogP contribution < -0.4 is 10.2 Å². The summed E-state index contributed by atoms with van der Waals surface area (Å²) in [6, 6.07) is 11.8. The van der Waals surface area contributed by atoms with Gasteiger partial charge in [0.1, 0.15) is 5.75 Å². The molecule has 7 heteroatoms. The SMILES string of the molecule is Cc1ccc(OCC(=O)NN=CC=Cc2ccc([N+](=O)[O-])cc2)c(C)c1. The second-order valence-corrected chi connectivity index (χ2v) is 5.58. The molecule has 0 aliphatic rings. The van der Waals surface area contributed by atoms with Crippen LogP contribution in [0.3, 0.4) is 0 Å². The lowest BCUT2D eigenvalue weighted by molar-refractivity contribution is -0.384. The Kier molecular flexibility index (Phi) is 6.61. The van der Waals surface area contributed by atoms with Crippen LogP contribution in [0.15, 0.2) is 53.6 Å². The molecule has 0 aliphatic carbocycles.